The SMILES string of the molecule is CC(C)(C)OC(=O)c1cc(N)ccc1CCCCO. The fourth-order valence-electron chi connectivity index (χ4n) is 1.76. The van der Waals surface area contributed by atoms with E-state index in [0.717, 1.165) is 24.8 Å². The lowest BCUT2D eigenvalue weighted by atomic mass is 10.0. The quantitative estimate of drug-likeness (QED) is 0.487. The Morgan fingerprint density at radius 1 is 1.32 bits per heavy atom. The molecular formula is C15H23NO3. The van der Waals surface area contributed by atoms with E-state index in [0.29, 0.717) is 11.3 Å². The van der Waals surface area contributed by atoms with Gasteiger partial charge in [0.05, 0.1) is 5.56 Å². The molecule has 3 N–H and O–H groups in total. The lowest BCUT2D eigenvalue weighted by Gasteiger charge is -2.20. The van der Waals surface area contributed by atoms with Gasteiger partial charge in [-0.05, 0) is 57.7 Å². The average Bonchev–Trinajstić information content (AvgIpc) is 2.29. The van der Waals surface area contributed by atoms with Crippen molar-refractivity contribution < 1.29 is 14.6 Å². The van der Waals surface area contributed by atoms with Gasteiger partial charge in [0.25, 0.3) is 0 Å². The van der Waals surface area contributed by atoms with E-state index < -0.39 is 5.60 Å². The third-order valence-corrected chi connectivity index (χ3v) is 2.61. The minimum Gasteiger partial charge on any atom is -0.456 e. The van der Waals surface area contributed by atoms with E-state index in [1.807, 2.05) is 26.8 Å². The second-order valence-corrected chi connectivity index (χ2v) is 5.60. The number of nitrogen functional groups attached to an aromatic ring is 1. The Bertz CT molecular complexity index is 436. The highest BCUT2D eigenvalue weighted by molar-refractivity contribution is 5.92. The lowest BCUT2D eigenvalue weighted by Crippen LogP contribution is -2.24. The number of aliphatic hydroxyl groups excluding tert-OH is 1. The van der Waals surface area contributed by atoms with Crippen molar-refractivity contribution in [3.63, 3.8) is 0 Å². The van der Waals surface area contributed by atoms with E-state index in [9.17, 15) is 4.79 Å². The third kappa shape index (κ3) is 5.30. The van der Waals surface area contributed by atoms with Crippen molar-refractivity contribution in [1.82, 2.24) is 0 Å². The van der Waals surface area contributed by atoms with Crippen LogP contribution in [0.15, 0.2) is 18.2 Å². The first-order chi connectivity index (χ1) is 8.83. The molecule has 0 bridgehead atoms. The summed E-state index contributed by atoms with van der Waals surface area (Å²) < 4.78 is 5.38. The minimum absolute atomic E-state index is 0.163. The predicted octanol–water partition coefficient (Wildman–Crippen LogP) is 2.54. The number of hydrogen-bond acceptors (Lipinski definition) is 4. The number of anilines is 1. The molecule has 106 valence electrons. The highest BCUT2D eigenvalue weighted by atomic mass is 16.6. The van der Waals surface area contributed by atoms with Crippen LogP contribution in [0.2, 0.25) is 0 Å². The Kier molecular flexibility index (Phi) is 5.36. The van der Waals surface area contributed by atoms with Crippen LogP contribution in [-0.2, 0) is 11.2 Å². The van der Waals surface area contributed by atoms with E-state index in [1.54, 1.807) is 12.1 Å². The maximum Gasteiger partial charge on any atom is 0.339 e. The van der Waals surface area contributed by atoms with Gasteiger partial charge in [0, 0.05) is 12.3 Å². The van der Waals surface area contributed by atoms with Crippen molar-refractivity contribution in [1.29, 1.82) is 0 Å². The summed E-state index contributed by atoms with van der Waals surface area (Å²) in [4.78, 5) is 12.1. The van der Waals surface area contributed by atoms with Crippen molar-refractivity contribution >= 4 is 11.7 Å². The molecule has 0 radical (unpaired) electrons. The van der Waals surface area contributed by atoms with Gasteiger partial charge in [0.2, 0.25) is 0 Å². The Morgan fingerprint density at radius 3 is 2.58 bits per heavy atom. The topological polar surface area (TPSA) is 72.5 Å². The van der Waals surface area contributed by atoms with E-state index in [2.05, 4.69) is 0 Å². The van der Waals surface area contributed by atoms with E-state index in [-0.39, 0.29) is 12.6 Å². The molecule has 0 aliphatic heterocycles. The molecule has 0 spiro atoms. The van der Waals surface area contributed by atoms with Crippen molar-refractivity contribution in [2.45, 2.75) is 45.6 Å². The van der Waals surface area contributed by atoms with Crippen LogP contribution in [0.4, 0.5) is 5.69 Å². The monoisotopic (exact) mass is 265 g/mol. The van der Waals surface area contributed by atoms with Crippen molar-refractivity contribution in [3.8, 4) is 0 Å². The van der Waals surface area contributed by atoms with Gasteiger partial charge in [-0.15, -0.1) is 0 Å². The number of rotatable bonds is 5. The van der Waals surface area contributed by atoms with Crippen molar-refractivity contribution in [3.05, 3.63) is 29.3 Å². The van der Waals surface area contributed by atoms with Crippen LogP contribution in [0.25, 0.3) is 0 Å². The molecule has 0 amide bonds. The molecule has 1 rings (SSSR count). The number of nitrogens with two attached hydrogens (primary N) is 1. The van der Waals surface area contributed by atoms with Crippen LogP contribution in [0, 0.1) is 0 Å². The molecule has 4 heteroatoms. The fourth-order valence-corrected chi connectivity index (χ4v) is 1.76. The summed E-state index contributed by atoms with van der Waals surface area (Å²) in [6.45, 7) is 5.67. The van der Waals surface area contributed by atoms with Gasteiger partial charge in [-0.2, -0.15) is 0 Å². The van der Waals surface area contributed by atoms with Gasteiger partial charge in [-0.25, -0.2) is 4.79 Å². The number of carbonyl (C=O) groups excluding carboxylic acids is 1. The number of benzene rings is 1. The summed E-state index contributed by atoms with van der Waals surface area (Å²) in [5, 5.41) is 8.81. The van der Waals surface area contributed by atoms with Crippen molar-refractivity contribution in [2.24, 2.45) is 0 Å². The molecule has 0 fully saturated rings. The number of aliphatic hydroxyl groups is 1. The third-order valence-electron chi connectivity index (χ3n) is 2.61. The first-order valence-corrected chi connectivity index (χ1v) is 6.56. The molecule has 0 aliphatic rings. The number of esters is 1. The van der Waals surface area contributed by atoms with E-state index in [4.69, 9.17) is 15.6 Å². The number of unbranched alkanes of at least 4 members (excludes halogenated alkanes) is 1. The highest BCUT2D eigenvalue weighted by Crippen LogP contribution is 2.20. The summed E-state index contributed by atoms with van der Waals surface area (Å²) in [6, 6.07) is 5.29. The Morgan fingerprint density at radius 2 is 2.00 bits per heavy atom. The second-order valence-electron chi connectivity index (χ2n) is 5.60. The van der Waals surface area contributed by atoms with E-state index >= 15 is 0 Å². The number of carbonyl (C=O) groups is 1. The fraction of sp³-hybridized carbons (Fsp3) is 0.533. The van der Waals surface area contributed by atoms with Crippen LogP contribution >= 0.6 is 0 Å². The number of ether oxygens (including phenoxy) is 1. The zero-order valence-electron chi connectivity index (χ0n) is 11.9. The zero-order valence-corrected chi connectivity index (χ0v) is 11.9. The van der Waals surface area contributed by atoms with Gasteiger partial charge in [0.1, 0.15) is 5.60 Å². The Hall–Kier alpha value is -1.55. The summed E-state index contributed by atoms with van der Waals surface area (Å²) in [6.07, 6.45) is 2.28. The largest absolute Gasteiger partial charge is 0.456 e. The molecule has 0 saturated carbocycles. The molecule has 0 unspecified atom stereocenters. The molecule has 1 aromatic rings. The average molecular weight is 265 g/mol. The van der Waals surface area contributed by atoms with E-state index in [1.165, 1.54) is 0 Å². The summed E-state index contributed by atoms with van der Waals surface area (Å²) in [5.41, 5.74) is 7.20. The zero-order chi connectivity index (χ0) is 14.5. The minimum atomic E-state index is -0.524. The maximum absolute atomic E-state index is 12.1. The number of aryl methyl sites for hydroxylation is 1. The van der Waals surface area contributed by atoms with Crippen LogP contribution in [0.5, 0.6) is 0 Å². The van der Waals surface area contributed by atoms with Gasteiger partial charge in [-0.1, -0.05) is 6.07 Å². The molecule has 19 heavy (non-hydrogen) atoms. The molecule has 0 aliphatic carbocycles. The van der Waals surface area contributed by atoms with Gasteiger partial charge in [-0.3, -0.25) is 0 Å². The normalized spacial score (nSPS) is 11.4. The predicted molar refractivity (Wildman–Crippen MR) is 76.0 cm³/mol. The lowest BCUT2D eigenvalue weighted by molar-refractivity contribution is 0.00684. The smallest absolute Gasteiger partial charge is 0.339 e. The Balaban J connectivity index is 2.90. The van der Waals surface area contributed by atoms with Gasteiger partial charge < -0.3 is 15.6 Å². The standard InChI is InChI=1S/C15H23NO3/c1-15(2,3)19-14(18)13-10-12(16)8-7-11(13)6-4-5-9-17/h7-8,10,17H,4-6,9,16H2,1-3H3. The Labute approximate surface area is 114 Å². The van der Waals surface area contributed by atoms with Gasteiger partial charge >= 0.3 is 5.97 Å². The summed E-state index contributed by atoms with van der Waals surface area (Å²) >= 11 is 0. The first kappa shape index (κ1) is 15.5. The molecule has 1 aromatic carbocycles. The molecule has 0 aromatic heterocycles. The van der Waals surface area contributed by atoms with Crippen molar-refractivity contribution in [2.75, 3.05) is 12.3 Å². The van der Waals surface area contributed by atoms with Crippen LogP contribution in [-0.4, -0.2) is 23.3 Å². The van der Waals surface area contributed by atoms with Crippen LogP contribution in [0.3, 0.4) is 0 Å². The molecule has 0 heterocycles. The second kappa shape index (κ2) is 6.57. The summed E-state index contributed by atoms with van der Waals surface area (Å²) in [5.74, 6) is -0.348. The maximum atomic E-state index is 12.1. The van der Waals surface area contributed by atoms with Gasteiger partial charge in [0.15, 0.2) is 0 Å². The number of hydrogen-bond donors (Lipinski definition) is 2. The molecule has 0 atom stereocenters. The molecule has 0 saturated heterocycles. The summed E-state index contributed by atoms with van der Waals surface area (Å²) in [7, 11) is 0. The van der Waals surface area contributed by atoms with Crippen LogP contribution in [0.1, 0.15) is 49.5 Å². The molecule has 4 nitrogen and oxygen atoms in total. The highest BCUT2D eigenvalue weighted by Gasteiger charge is 2.20. The first-order valence-electron chi connectivity index (χ1n) is 6.56. The molecular weight excluding hydrogens is 242 g/mol. The van der Waals surface area contributed by atoms with Crippen LogP contribution < -0.4 is 5.73 Å².